The van der Waals surface area contributed by atoms with Gasteiger partial charge in [-0.2, -0.15) is 0 Å². The molecule has 2 aliphatic rings. The Bertz CT molecular complexity index is 809. The molecule has 5 nitrogen and oxygen atoms in total. The highest BCUT2D eigenvalue weighted by atomic mass is 16.5. The van der Waals surface area contributed by atoms with Gasteiger partial charge in [0.1, 0.15) is 5.75 Å². The fourth-order valence-corrected chi connectivity index (χ4v) is 4.37. The minimum Gasteiger partial charge on any atom is -0.494 e. The Morgan fingerprint density at radius 3 is 2.33 bits per heavy atom. The van der Waals surface area contributed by atoms with Crippen LogP contribution in [0.5, 0.6) is 5.75 Å². The first-order valence-corrected chi connectivity index (χ1v) is 11.4. The number of nitrogens with zero attached hydrogens (tertiary/aromatic N) is 2. The van der Waals surface area contributed by atoms with E-state index in [0.717, 1.165) is 43.2 Å². The van der Waals surface area contributed by atoms with Crippen molar-refractivity contribution in [2.75, 3.05) is 49.5 Å². The molecule has 0 saturated carbocycles. The molecule has 1 N–H and O–H groups in total. The molecule has 0 atom stereocenters. The first-order chi connectivity index (χ1) is 14.8. The van der Waals surface area contributed by atoms with E-state index in [4.69, 9.17) is 4.74 Å². The van der Waals surface area contributed by atoms with E-state index in [1.54, 1.807) is 0 Å². The van der Waals surface area contributed by atoms with Crippen molar-refractivity contribution in [3.8, 4) is 5.75 Å². The average molecular weight is 408 g/mol. The van der Waals surface area contributed by atoms with Crippen LogP contribution < -0.4 is 15.0 Å². The number of likely N-dealkylation sites (tertiary alicyclic amines) is 1. The molecule has 2 fully saturated rings. The number of carbonyl (C=O) groups is 1. The van der Waals surface area contributed by atoms with Gasteiger partial charge in [-0.3, -0.25) is 4.79 Å². The molecular weight excluding hydrogens is 374 g/mol. The second-order valence-electron chi connectivity index (χ2n) is 8.29. The Morgan fingerprint density at radius 1 is 0.867 bits per heavy atom. The maximum absolute atomic E-state index is 12.8. The van der Waals surface area contributed by atoms with Gasteiger partial charge in [0, 0.05) is 25.2 Å². The van der Waals surface area contributed by atoms with Gasteiger partial charge in [0.25, 0.3) is 5.91 Å². The van der Waals surface area contributed by atoms with E-state index in [-0.39, 0.29) is 5.91 Å². The fraction of sp³-hybridized carbons (Fsp3) is 0.480. The van der Waals surface area contributed by atoms with Crippen molar-refractivity contribution in [1.82, 2.24) is 4.90 Å². The largest absolute Gasteiger partial charge is 0.494 e. The molecule has 0 aliphatic carbocycles. The first-order valence-electron chi connectivity index (χ1n) is 11.4. The van der Waals surface area contributed by atoms with Crippen molar-refractivity contribution in [3.63, 3.8) is 0 Å². The molecule has 0 spiro atoms. The molecule has 2 saturated heterocycles. The Balaban J connectivity index is 1.27. The molecule has 0 unspecified atom stereocenters. The van der Waals surface area contributed by atoms with Gasteiger partial charge >= 0.3 is 0 Å². The summed E-state index contributed by atoms with van der Waals surface area (Å²) in [4.78, 5) is 17.6. The zero-order valence-electron chi connectivity index (χ0n) is 17.8. The smallest absolute Gasteiger partial charge is 0.255 e. The van der Waals surface area contributed by atoms with Crippen LogP contribution in [0.15, 0.2) is 48.5 Å². The van der Waals surface area contributed by atoms with Gasteiger partial charge in [-0.15, -0.1) is 0 Å². The predicted molar refractivity (Wildman–Crippen MR) is 123 cm³/mol. The van der Waals surface area contributed by atoms with Crippen molar-refractivity contribution in [2.45, 2.75) is 38.5 Å². The van der Waals surface area contributed by atoms with E-state index < -0.39 is 0 Å². The zero-order chi connectivity index (χ0) is 20.6. The Morgan fingerprint density at radius 2 is 1.57 bits per heavy atom. The highest BCUT2D eigenvalue weighted by Gasteiger charge is 2.17. The number of para-hydroxylation sites is 2. The molecule has 2 aromatic rings. The van der Waals surface area contributed by atoms with Crippen LogP contribution in [0.2, 0.25) is 0 Å². The third-order valence-electron chi connectivity index (χ3n) is 6.05. The second kappa shape index (κ2) is 10.5. The van der Waals surface area contributed by atoms with Gasteiger partial charge in [-0.05, 0) is 81.6 Å². The van der Waals surface area contributed by atoms with E-state index in [1.807, 2.05) is 42.5 Å². The summed E-state index contributed by atoms with van der Waals surface area (Å²) in [5.74, 6) is 0.737. The van der Waals surface area contributed by atoms with Crippen LogP contribution in [0, 0.1) is 0 Å². The molecule has 160 valence electrons. The second-order valence-corrected chi connectivity index (χ2v) is 8.29. The normalized spacial score (nSPS) is 17.1. The number of carbonyl (C=O) groups excluding carboxylic acids is 1. The molecule has 0 bridgehead atoms. The van der Waals surface area contributed by atoms with Crippen molar-refractivity contribution in [2.24, 2.45) is 0 Å². The van der Waals surface area contributed by atoms with Crippen LogP contribution >= 0.6 is 0 Å². The number of benzene rings is 2. The van der Waals surface area contributed by atoms with Crippen LogP contribution in [-0.2, 0) is 0 Å². The molecule has 0 aromatic heterocycles. The first kappa shape index (κ1) is 20.7. The van der Waals surface area contributed by atoms with Crippen LogP contribution in [-0.4, -0.2) is 50.1 Å². The van der Waals surface area contributed by atoms with Crippen LogP contribution in [0.4, 0.5) is 11.4 Å². The summed E-state index contributed by atoms with van der Waals surface area (Å²) in [5, 5.41) is 3.08. The lowest BCUT2D eigenvalue weighted by atomic mass is 10.1. The SMILES string of the molecule is O=C(Nc1ccccc1N1CCCC1)c1ccc(OCCCN2CCCCC2)cc1. The lowest BCUT2D eigenvalue weighted by molar-refractivity contribution is 0.102. The van der Waals surface area contributed by atoms with Crippen molar-refractivity contribution < 1.29 is 9.53 Å². The predicted octanol–water partition coefficient (Wildman–Crippen LogP) is 4.79. The lowest BCUT2D eigenvalue weighted by Gasteiger charge is -2.26. The van der Waals surface area contributed by atoms with E-state index in [2.05, 4.69) is 21.2 Å². The monoisotopic (exact) mass is 407 g/mol. The molecule has 2 aliphatic heterocycles. The van der Waals surface area contributed by atoms with E-state index in [9.17, 15) is 4.79 Å². The maximum Gasteiger partial charge on any atom is 0.255 e. The van der Waals surface area contributed by atoms with Gasteiger partial charge in [0.15, 0.2) is 0 Å². The summed E-state index contributed by atoms with van der Waals surface area (Å²) in [6.07, 6.45) is 7.48. The Hall–Kier alpha value is -2.53. The van der Waals surface area contributed by atoms with Crippen molar-refractivity contribution in [1.29, 1.82) is 0 Å². The summed E-state index contributed by atoms with van der Waals surface area (Å²) in [6, 6.07) is 15.5. The molecular formula is C25H33N3O2. The number of amides is 1. The average Bonchev–Trinajstić information content (AvgIpc) is 3.33. The maximum atomic E-state index is 12.8. The molecule has 2 heterocycles. The molecule has 1 amide bonds. The number of ether oxygens (including phenoxy) is 1. The number of anilines is 2. The summed E-state index contributed by atoms with van der Waals surface area (Å²) in [7, 11) is 0. The molecule has 30 heavy (non-hydrogen) atoms. The van der Waals surface area contributed by atoms with Gasteiger partial charge in [-0.1, -0.05) is 18.6 Å². The Kier molecular flexibility index (Phi) is 7.25. The topological polar surface area (TPSA) is 44.8 Å². The number of hydrogen-bond acceptors (Lipinski definition) is 4. The van der Waals surface area contributed by atoms with Gasteiger partial charge < -0.3 is 19.9 Å². The molecule has 2 aromatic carbocycles. The zero-order valence-corrected chi connectivity index (χ0v) is 17.8. The van der Waals surface area contributed by atoms with Gasteiger partial charge in [0.2, 0.25) is 0 Å². The third-order valence-corrected chi connectivity index (χ3v) is 6.05. The Labute approximate surface area is 180 Å². The molecule has 0 radical (unpaired) electrons. The van der Waals surface area contributed by atoms with Crippen LogP contribution in [0.3, 0.4) is 0 Å². The van der Waals surface area contributed by atoms with Gasteiger partial charge in [0.05, 0.1) is 18.0 Å². The third kappa shape index (κ3) is 5.54. The highest BCUT2D eigenvalue weighted by molar-refractivity contribution is 6.06. The summed E-state index contributed by atoms with van der Waals surface area (Å²) < 4.78 is 5.87. The minimum atomic E-state index is -0.0849. The van der Waals surface area contributed by atoms with Crippen molar-refractivity contribution in [3.05, 3.63) is 54.1 Å². The van der Waals surface area contributed by atoms with E-state index in [0.29, 0.717) is 12.2 Å². The minimum absolute atomic E-state index is 0.0849. The number of hydrogen-bond donors (Lipinski definition) is 1. The molecule has 4 rings (SSSR count). The number of rotatable bonds is 8. The van der Waals surface area contributed by atoms with Crippen LogP contribution in [0.1, 0.15) is 48.9 Å². The standard InChI is InChI=1S/C25H33N3O2/c29-25(26-23-9-2-3-10-24(23)28-18-6-7-19-28)21-11-13-22(14-12-21)30-20-8-17-27-15-4-1-5-16-27/h2-3,9-14H,1,4-8,15-20H2,(H,26,29). The van der Waals surface area contributed by atoms with Crippen LogP contribution in [0.25, 0.3) is 0 Å². The number of piperidine rings is 1. The highest BCUT2D eigenvalue weighted by Crippen LogP contribution is 2.29. The summed E-state index contributed by atoms with van der Waals surface area (Å²) in [6.45, 7) is 6.38. The lowest BCUT2D eigenvalue weighted by Crippen LogP contribution is -2.31. The van der Waals surface area contributed by atoms with Crippen molar-refractivity contribution >= 4 is 17.3 Å². The quantitative estimate of drug-likeness (QED) is 0.639. The van der Waals surface area contributed by atoms with E-state index >= 15 is 0 Å². The van der Waals surface area contributed by atoms with E-state index in [1.165, 1.54) is 45.2 Å². The summed E-state index contributed by atoms with van der Waals surface area (Å²) in [5.41, 5.74) is 2.63. The number of nitrogens with one attached hydrogen (secondary N) is 1. The molecule has 5 heteroatoms. The van der Waals surface area contributed by atoms with Gasteiger partial charge in [-0.25, -0.2) is 0 Å². The fourth-order valence-electron chi connectivity index (χ4n) is 4.37. The summed E-state index contributed by atoms with van der Waals surface area (Å²) >= 11 is 0.